The molecule has 3 nitrogen and oxygen atoms in total. The van der Waals surface area contributed by atoms with Gasteiger partial charge >= 0.3 is 0 Å². The quantitative estimate of drug-likeness (QED) is 0.814. The van der Waals surface area contributed by atoms with Crippen LogP contribution in [-0.2, 0) is 5.41 Å². The average Bonchev–Trinajstić information content (AvgIpc) is 2.42. The van der Waals surface area contributed by atoms with E-state index in [1.54, 1.807) is 6.07 Å². The third-order valence-corrected chi connectivity index (χ3v) is 3.56. The number of benzene rings is 2. The van der Waals surface area contributed by atoms with E-state index in [2.05, 4.69) is 26.1 Å². The average molecular weight is 282 g/mol. The monoisotopic (exact) mass is 282 g/mol. The fourth-order valence-electron chi connectivity index (χ4n) is 2.17. The Hall–Kier alpha value is -2.29. The number of hydrogen-bond donors (Lipinski definition) is 2. The van der Waals surface area contributed by atoms with Gasteiger partial charge < -0.3 is 11.1 Å². The Kier molecular flexibility index (Phi) is 4.03. The van der Waals surface area contributed by atoms with Crippen molar-refractivity contribution in [3.05, 3.63) is 59.2 Å². The van der Waals surface area contributed by atoms with Crippen molar-refractivity contribution in [3.8, 4) is 0 Å². The fraction of sp³-hybridized carbons (Fsp3) is 0.278. The first kappa shape index (κ1) is 15.1. The normalized spacial score (nSPS) is 11.2. The minimum atomic E-state index is -0.142. The van der Waals surface area contributed by atoms with Gasteiger partial charge in [-0.2, -0.15) is 0 Å². The largest absolute Gasteiger partial charge is 0.397 e. The summed E-state index contributed by atoms with van der Waals surface area (Å²) in [6.45, 7) is 8.37. The predicted octanol–water partition coefficient (Wildman–Crippen LogP) is 4.13. The van der Waals surface area contributed by atoms with E-state index >= 15 is 0 Å². The SMILES string of the molecule is Cc1cccc(N)c1NC(=O)c1ccc(C(C)(C)C)cc1. The second-order valence-electron chi connectivity index (χ2n) is 6.32. The van der Waals surface area contributed by atoms with Crippen LogP contribution in [0, 0.1) is 6.92 Å². The van der Waals surface area contributed by atoms with E-state index in [4.69, 9.17) is 5.73 Å². The van der Waals surface area contributed by atoms with Crippen molar-refractivity contribution < 1.29 is 4.79 Å². The standard InChI is InChI=1S/C18H22N2O/c1-12-6-5-7-15(19)16(12)20-17(21)13-8-10-14(11-9-13)18(2,3)4/h5-11H,19H2,1-4H3,(H,20,21). The van der Waals surface area contributed by atoms with Crippen LogP contribution in [0.1, 0.15) is 42.3 Å². The third-order valence-electron chi connectivity index (χ3n) is 3.56. The second kappa shape index (κ2) is 5.60. The van der Waals surface area contributed by atoms with Crippen LogP contribution in [0.4, 0.5) is 11.4 Å². The molecule has 0 bridgehead atoms. The Bertz CT molecular complexity index is 632. The highest BCUT2D eigenvalue weighted by Crippen LogP contribution is 2.25. The molecule has 2 aromatic carbocycles. The summed E-state index contributed by atoms with van der Waals surface area (Å²) in [6.07, 6.45) is 0. The second-order valence-corrected chi connectivity index (χ2v) is 6.32. The van der Waals surface area contributed by atoms with Gasteiger partial charge in [-0.1, -0.05) is 45.0 Å². The van der Waals surface area contributed by atoms with E-state index in [0.29, 0.717) is 16.9 Å². The zero-order valence-corrected chi connectivity index (χ0v) is 13.0. The Labute approximate surface area is 126 Å². The molecule has 110 valence electrons. The van der Waals surface area contributed by atoms with E-state index in [1.807, 2.05) is 43.3 Å². The summed E-state index contributed by atoms with van der Waals surface area (Å²) in [6, 6.07) is 13.3. The minimum Gasteiger partial charge on any atom is -0.397 e. The number of amides is 1. The molecule has 3 N–H and O–H groups in total. The number of nitrogens with two attached hydrogens (primary N) is 1. The van der Waals surface area contributed by atoms with Crippen molar-refractivity contribution in [1.29, 1.82) is 0 Å². The van der Waals surface area contributed by atoms with Crippen LogP contribution in [0.15, 0.2) is 42.5 Å². The molecule has 0 fully saturated rings. The highest BCUT2D eigenvalue weighted by molar-refractivity contribution is 6.06. The fourth-order valence-corrected chi connectivity index (χ4v) is 2.17. The van der Waals surface area contributed by atoms with Gasteiger partial charge in [0.05, 0.1) is 11.4 Å². The molecule has 0 saturated carbocycles. The molecule has 0 atom stereocenters. The summed E-state index contributed by atoms with van der Waals surface area (Å²) < 4.78 is 0. The summed E-state index contributed by atoms with van der Waals surface area (Å²) in [5.74, 6) is -0.142. The van der Waals surface area contributed by atoms with Crippen LogP contribution in [0.5, 0.6) is 0 Å². The zero-order valence-electron chi connectivity index (χ0n) is 13.0. The van der Waals surface area contributed by atoms with Gasteiger partial charge in [-0.3, -0.25) is 4.79 Å². The Morgan fingerprint density at radius 3 is 2.19 bits per heavy atom. The first-order valence-corrected chi connectivity index (χ1v) is 7.06. The van der Waals surface area contributed by atoms with Gasteiger partial charge in [0.1, 0.15) is 0 Å². The van der Waals surface area contributed by atoms with Crippen molar-refractivity contribution in [2.45, 2.75) is 33.1 Å². The summed E-state index contributed by atoms with van der Waals surface area (Å²) in [5.41, 5.74) is 10.0. The molecule has 2 aromatic rings. The highest BCUT2D eigenvalue weighted by atomic mass is 16.1. The molecule has 0 radical (unpaired) electrons. The number of nitrogens with one attached hydrogen (secondary N) is 1. The first-order chi connectivity index (χ1) is 9.79. The van der Waals surface area contributed by atoms with E-state index in [-0.39, 0.29) is 11.3 Å². The molecule has 2 rings (SSSR count). The van der Waals surface area contributed by atoms with Crippen LogP contribution >= 0.6 is 0 Å². The molecule has 0 aliphatic heterocycles. The number of rotatable bonds is 2. The van der Waals surface area contributed by atoms with Crippen molar-refractivity contribution >= 4 is 17.3 Å². The van der Waals surface area contributed by atoms with Gasteiger partial charge in [0.2, 0.25) is 0 Å². The lowest BCUT2D eigenvalue weighted by Crippen LogP contribution is -2.15. The molecular weight excluding hydrogens is 260 g/mol. The highest BCUT2D eigenvalue weighted by Gasteiger charge is 2.15. The maximum Gasteiger partial charge on any atom is 0.255 e. The zero-order chi connectivity index (χ0) is 15.6. The van der Waals surface area contributed by atoms with Gasteiger partial charge in [-0.25, -0.2) is 0 Å². The number of nitrogen functional groups attached to an aromatic ring is 1. The van der Waals surface area contributed by atoms with E-state index in [1.165, 1.54) is 5.56 Å². The summed E-state index contributed by atoms with van der Waals surface area (Å²) >= 11 is 0. The molecule has 1 amide bonds. The minimum absolute atomic E-state index is 0.0788. The molecule has 21 heavy (non-hydrogen) atoms. The lowest BCUT2D eigenvalue weighted by atomic mass is 9.86. The van der Waals surface area contributed by atoms with Crippen molar-refractivity contribution in [2.24, 2.45) is 0 Å². The molecular formula is C18H22N2O. The van der Waals surface area contributed by atoms with Crippen LogP contribution in [0.2, 0.25) is 0 Å². The number of anilines is 2. The molecule has 3 heteroatoms. The van der Waals surface area contributed by atoms with Crippen LogP contribution in [0.3, 0.4) is 0 Å². The molecule has 0 aliphatic rings. The number of para-hydroxylation sites is 1. The predicted molar refractivity (Wildman–Crippen MR) is 88.7 cm³/mol. The first-order valence-electron chi connectivity index (χ1n) is 7.06. The summed E-state index contributed by atoms with van der Waals surface area (Å²) in [7, 11) is 0. The van der Waals surface area contributed by atoms with Gasteiger partial charge in [0.15, 0.2) is 0 Å². The lowest BCUT2D eigenvalue weighted by molar-refractivity contribution is 0.102. The van der Waals surface area contributed by atoms with Crippen LogP contribution < -0.4 is 11.1 Å². The third kappa shape index (κ3) is 3.43. The van der Waals surface area contributed by atoms with Gasteiger partial charge in [0.25, 0.3) is 5.91 Å². The lowest BCUT2D eigenvalue weighted by Gasteiger charge is -2.19. The molecule has 0 unspecified atom stereocenters. The van der Waals surface area contributed by atoms with Crippen molar-refractivity contribution in [3.63, 3.8) is 0 Å². The van der Waals surface area contributed by atoms with Crippen LogP contribution in [0.25, 0.3) is 0 Å². The number of aryl methyl sites for hydroxylation is 1. The Morgan fingerprint density at radius 1 is 1.05 bits per heavy atom. The summed E-state index contributed by atoms with van der Waals surface area (Å²) in [5, 5.41) is 2.89. The topological polar surface area (TPSA) is 55.1 Å². The number of carbonyl (C=O) groups is 1. The van der Waals surface area contributed by atoms with Gasteiger partial charge in [-0.15, -0.1) is 0 Å². The molecule has 0 aromatic heterocycles. The number of carbonyl (C=O) groups excluding carboxylic acids is 1. The summed E-state index contributed by atoms with van der Waals surface area (Å²) in [4.78, 5) is 12.3. The smallest absolute Gasteiger partial charge is 0.255 e. The van der Waals surface area contributed by atoms with Gasteiger partial charge in [0, 0.05) is 5.56 Å². The van der Waals surface area contributed by atoms with Crippen molar-refractivity contribution in [2.75, 3.05) is 11.1 Å². The molecule has 0 spiro atoms. The van der Waals surface area contributed by atoms with E-state index in [0.717, 1.165) is 5.56 Å². The van der Waals surface area contributed by atoms with Crippen LogP contribution in [-0.4, -0.2) is 5.91 Å². The molecule has 0 saturated heterocycles. The van der Waals surface area contributed by atoms with Gasteiger partial charge in [-0.05, 0) is 41.7 Å². The van der Waals surface area contributed by atoms with E-state index in [9.17, 15) is 4.79 Å². The maximum atomic E-state index is 12.3. The number of hydrogen-bond acceptors (Lipinski definition) is 2. The Balaban J connectivity index is 2.21. The Morgan fingerprint density at radius 2 is 1.67 bits per heavy atom. The van der Waals surface area contributed by atoms with Crippen molar-refractivity contribution in [1.82, 2.24) is 0 Å². The molecule has 0 aliphatic carbocycles. The van der Waals surface area contributed by atoms with E-state index < -0.39 is 0 Å². The maximum absolute atomic E-state index is 12.3. The molecule has 0 heterocycles.